The van der Waals surface area contributed by atoms with Gasteiger partial charge < -0.3 is 14.6 Å². The minimum Gasteiger partial charge on any atom is -0.392 e. The predicted octanol–water partition coefficient (Wildman–Crippen LogP) is 2.38. The van der Waals surface area contributed by atoms with E-state index in [0.29, 0.717) is 26.1 Å². The van der Waals surface area contributed by atoms with Crippen LogP contribution in [-0.2, 0) is 15.9 Å². The highest BCUT2D eigenvalue weighted by molar-refractivity contribution is 5.16. The molecule has 0 spiro atoms. The average Bonchev–Trinajstić information content (AvgIpc) is 2.40. The molecule has 0 saturated heterocycles. The van der Waals surface area contributed by atoms with Crippen LogP contribution in [0.4, 0.5) is 0 Å². The Bertz CT molecular complexity index is 385. The monoisotopic (exact) mass is 262 g/mol. The molecular weight excluding hydrogens is 240 g/mol. The lowest BCUT2D eigenvalue weighted by Crippen LogP contribution is -2.15. The van der Waals surface area contributed by atoms with Crippen molar-refractivity contribution in [2.24, 2.45) is 0 Å². The number of rotatable bonds is 7. The molecule has 1 N–H and O–H groups in total. The molecule has 1 atom stereocenters. The third-order valence-electron chi connectivity index (χ3n) is 2.51. The van der Waals surface area contributed by atoms with Gasteiger partial charge in [0.15, 0.2) is 0 Å². The summed E-state index contributed by atoms with van der Waals surface area (Å²) in [6.07, 6.45) is 0.0902. The van der Waals surface area contributed by atoms with Gasteiger partial charge in [0.25, 0.3) is 0 Å². The molecule has 0 aliphatic rings. The largest absolute Gasteiger partial charge is 0.392 e. The number of ether oxygens (including phenoxy) is 2. The summed E-state index contributed by atoms with van der Waals surface area (Å²) < 4.78 is 10.6. The predicted molar refractivity (Wildman–Crippen MR) is 75.6 cm³/mol. The number of aliphatic hydroxyl groups is 1. The van der Waals surface area contributed by atoms with Crippen molar-refractivity contribution in [2.75, 3.05) is 13.2 Å². The molecule has 104 valence electrons. The van der Waals surface area contributed by atoms with E-state index in [2.05, 4.69) is 11.8 Å². The molecule has 1 rings (SSSR count). The quantitative estimate of drug-likeness (QED) is 0.605. The van der Waals surface area contributed by atoms with Crippen LogP contribution in [0, 0.1) is 11.8 Å². The van der Waals surface area contributed by atoms with E-state index < -0.39 is 12.4 Å². The highest BCUT2D eigenvalue weighted by atomic mass is 16.7. The first kappa shape index (κ1) is 15.7. The van der Waals surface area contributed by atoms with E-state index in [1.54, 1.807) is 0 Å². The van der Waals surface area contributed by atoms with E-state index in [1.807, 2.05) is 44.2 Å². The van der Waals surface area contributed by atoms with Gasteiger partial charge in [-0.15, -0.1) is 0 Å². The summed E-state index contributed by atoms with van der Waals surface area (Å²) in [5.74, 6) is 5.81. The molecule has 3 heteroatoms. The molecule has 1 unspecified atom stereocenters. The highest BCUT2D eigenvalue weighted by Gasteiger charge is 2.05. The molecule has 19 heavy (non-hydrogen) atoms. The van der Waals surface area contributed by atoms with E-state index in [9.17, 15) is 5.11 Å². The number of aliphatic hydroxyl groups excluding tert-OH is 1. The van der Waals surface area contributed by atoms with E-state index in [4.69, 9.17) is 9.47 Å². The minimum absolute atomic E-state index is 0.422. The van der Waals surface area contributed by atoms with Crippen molar-refractivity contribution in [3.8, 4) is 11.8 Å². The van der Waals surface area contributed by atoms with Gasteiger partial charge in [0.2, 0.25) is 6.29 Å². The first-order valence-corrected chi connectivity index (χ1v) is 6.69. The molecule has 0 aliphatic heterocycles. The van der Waals surface area contributed by atoms with Gasteiger partial charge in [0, 0.05) is 19.6 Å². The van der Waals surface area contributed by atoms with Crippen molar-refractivity contribution < 1.29 is 14.6 Å². The molecule has 0 heterocycles. The Morgan fingerprint density at radius 1 is 1.11 bits per heavy atom. The summed E-state index contributed by atoms with van der Waals surface area (Å²) in [5.41, 5.74) is 1.11. The van der Waals surface area contributed by atoms with Crippen LogP contribution in [0.3, 0.4) is 0 Å². The maximum atomic E-state index is 9.89. The molecule has 3 nitrogen and oxygen atoms in total. The number of hydrogen-bond acceptors (Lipinski definition) is 3. The van der Waals surface area contributed by atoms with Crippen LogP contribution >= 0.6 is 0 Å². The third kappa shape index (κ3) is 6.97. The molecule has 0 amide bonds. The zero-order valence-corrected chi connectivity index (χ0v) is 11.6. The molecule has 1 aromatic carbocycles. The smallest absolute Gasteiger partial charge is 0.222 e. The summed E-state index contributed by atoms with van der Waals surface area (Å²) in [4.78, 5) is 0. The molecule has 1 aromatic rings. The second-order valence-electron chi connectivity index (χ2n) is 4.11. The van der Waals surface area contributed by atoms with E-state index in [-0.39, 0.29) is 0 Å². The van der Waals surface area contributed by atoms with Crippen LogP contribution in [0.2, 0.25) is 0 Å². The number of hydrogen-bond donors (Lipinski definition) is 1. The Labute approximate surface area is 115 Å². The Kier molecular flexibility index (Phi) is 7.92. The molecule has 0 aromatic heterocycles. The van der Waals surface area contributed by atoms with Crippen LogP contribution in [0.15, 0.2) is 30.3 Å². The van der Waals surface area contributed by atoms with Gasteiger partial charge >= 0.3 is 0 Å². The number of benzene rings is 1. The molecule has 0 saturated carbocycles. The van der Waals surface area contributed by atoms with Crippen molar-refractivity contribution in [1.82, 2.24) is 0 Å². The van der Waals surface area contributed by atoms with Crippen LogP contribution < -0.4 is 0 Å². The summed E-state index contributed by atoms with van der Waals surface area (Å²) in [5, 5.41) is 9.89. The van der Waals surface area contributed by atoms with Gasteiger partial charge in [0.05, 0.1) is 6.10 Å². The normalized spacial score (nSPS) is 12.0. The second-order valence-corrected chi connectivity index (χ2v) is 4.11. The fraction of sp³-hybridized carbons (Fsp3) is 0.500. The van der Waals surface area contributed by atoms with Gasteiger partial charge in [-0.1, -0.05) is 36.3 Å². The Balaban J connectivity index is 2.38. The Hall–Kier alpha value is -1.34. The summed E-state index contributed by atoms with van der Waals surface area (Å²) in [6, 6.07) is 9.89. The summed E-state index contributed by atoms with van der Waals surface area (Å²) in [7, 11) is 0. The van der Waals surface area contributed by atoms with Gasteiger partial charge in [-0.3, -0.25) is 0 Å². The van der Waals surface area contributed by atoms with Crippen molar-refractivity contribution in [1.29, 1.82) is 0 Å². The lowest BCUT2D eigenvalue weighted by molar-refractivity contribution is -0.0970. The molecule has 0 radical (unpaired) electrons. The molecular formula is C16H22O3. The molecule has 0 fully saturated rings. The van der Waals surface area contributed by atoms with Gasteiger partial charge in [-0.25, -0.2) is 0 Å². The van der Waals surface area contributed by atoms with Crippen molar-refractivity contribution >= 4 is 0 Å². The van der Waals surface area contributed by atoms with Gasteiger partial charge in [-0.2, -0.15) is 0 Å². The second kappa shape index (κ2) is 9.57. The Morgan fingerprint density at radius 3 is 2.32 bits per heavy atom. The fourth-order valence-corrected chi connectivity index (χ4v) is 1.65. The average molecular weight is 262 g/mol. The van der Waals surface area contributed by atoms with Gasteiger partial charge in [0.1, 0.15) is 0 Å². The van der Waals surface area contributed by atoms with Crippen LogP contribution in [0.5, 0.6) is 0 Å². The standard InChI is InChI=1S/C16H22O3/c1-3-18-16(19-4-2)12-8-11-15(17)13-14-9-6-5-7-10-14/h5-7,9-10,15-17H,3-4,11,13H2,1-2H3. The highest BCUT2D eigenvalue weighted by Crippen LogP contribution is 2.05. The molecule has 0 aliphatic carbocycles. The van der Waals surface area contributed by atoms with Gasteiger partial charge in [-0.05, 0) is 31.8 Å². The van der Waals surface area contributed by atoms with E-state index in [1.165, 1.54) is 0 Å². The minimum atomic E-state index is -0.487. The Morgan fingerprint density at radius 2 is 1.74 bits per heavy atom. The fourth-order valence-electron chi connectivity index (χ4n) is 1.65. The first-order chi connectivity index (χ1) is 9.26. The summed E-state index contributed by atoms with van der Waals surface area (Å²) >= 11 is 0. The maximum absolute atomic E-state index is 9.89. The van der Waals surface area contributed by atoms with Crippen molar-refractivity contribution in [2.45, 2.75) is 39.1 Å². The van der Waals surface area contributed by atoms with E-state index in [0.717, 1.165) is 5.56 Å². The topological polar surface area (TPSA) is 38.7 Å². The van der Waals surface area contributed by atoms with E-state index >= 15 is 0 Å². The summed E-state index contributed by atoms with van der Waals surface area (Å²) in [6.45, 7) is 4.92. The SMILES string of the molecule is CCOC(C#CCC(O)Cc1ccccc1)OCC. The van der Waals surface area contributed by atoms with Crippen molar-refractivity contribution in [3.63, 3.8) is 0 Å². The first-order valence-electron chi connectivity index (χ1n) is 6.69. The van der Waals surface area contributed by atoms with Crippen molar-refractivity contribution in [3.05, 3.63) is 35.9 Å². The molecule has 0 bridgehead atoms. The zero-order valence-electron chi connectivity index (χ0n) is 11.6. The van der Waals surface area contributed by atoms with Crippen LogP contribution in [0.1, 0.15) is 25.8 Å². The van der Waals surface area contributed by atoms with Crippen LogP contribution in [0.25, 0.3) is 0 Å². The lowest BCUT2D eigenvalue weighted by Gasteiger charge is -2.10. The lowest BCUT2D eigenvalue weighted by atomic mass is 10.1. The van der Waals surface area contributed by atoms with Crippen LogP contribution in [-0.4, -0.2) is 30.7 Å². The third-order valence-corrected chi connectivity index (χ3v) is 2.51. The maximum Gasteiger partial charge on any atom is 0.222 e. The zero-order chi connectivity index (χ0) is 13.9.